The molecule has 0 aromatic heterocycles. The molecule has 0 amide bonds. The lowest BCUT2D eigenvalue weighted by atomic mass is 9.87. The van der Waals surface area contributed by atoms with E-state index in [0.717, 1.165) is 16.9 Å². The maximum Gasteiger partial charge on any atom is 0.0388 e. The van der Waals surface area contributed by atoms with Gasteiger partial charge in [-0.1, -0.05) is 39.0 Å². The van der Waals surface area contributed by atoms with Gasteiger partial charge in [-0.3, -0.25) is 0 Å². The smallest absolute Gasteiger partial charge is 0.0388 e. The highest BCUT2D eigenvalue weighted by molar-refractivity contribution is 7.93. The third-order valence-corrected chi connectivity index (χ3v) is 2.35. The fraction of sp³-hybridized carbons (Fsp3) is 0.400. The summed E-state index contributed by atoms with van der Waals surface area (Å²) in [5.41, 5.74) is 1.30. The van der Waals surface area contributed by atoms with Crippen LogP contribution in [0.15, 0.2) is 29.2 Å². The van der Waals surface area contributed by atoms with Gasteiger partial charge in [-0.05, 0) is 17.0 Å². The SMILES string of the molecule is CC(C)(C)c1ccccc1SO. The van der Waals surface area contributed by atoms with E-state index < -0.39 is 0 Å². The normalized spacial score (nSPS) is 11.7. The van der Waals surface area contributed by atoms with Crippen LogP contribution >= 0.6 is 12.0 Å². The summed E-state index contributed by atoms with van der Waals surface area (Å²) in [6, 6.07) is 7.93. The molecule has 0 atom stereocenters. The zero-order chi connectivity index (χ0) is 9.19. The fourth-order valence-electron chi connectivity index (χ4n) is 1.17. The van der Waals surface area contributed by atoms with Crippen molar-refractivity contribution in [2.45, 2.75) is 31.1 Å². The molecule has 0 heterocycles. The largest absolute Gasteiger partial charge is 0.325 e. The molecule has 1 rings (SSSR count). The molecule has 12 heavy (non-hydrogen) atoms. The van der Waals surface area contributed by atoms with Crippen LogP contribution in [0.4, 0.5) is 0 Å². The molecule has 0 aliphatic heterocycles. The van der Waals surface area contributed by atoms with E-state index in [4.69, 9.17) is 4.55 Å². The molecule has 0 unspecified atom stereocenters. The standard InChI is InChI=1S/C10H14OS/c1-10(2,3)8-6-4-5-7-9(8)12-11/h4-7,11H,1-3H3. The summed E-state index contributed by atoms with van der Waals surface area (Å²) in [7, 11) is 0. The second-order valence-electron chi connectivity index (χ2n) is 3.84. The average Bonchev–Trinajstić information content (AvgIpc) is 2.03. The van der Waals surface area contributed by atoms with Crippen molar-refractivity contribution in [1.82, 2.24) is 0 Å². The van der Waals surface area contributed by atoms with Crippen LogP contribution in [0.3, 0.4) is 0 Å². The summed E-state index contributed by atoms with van der Waals surface area (Å²) in [5.74, 6) is 0. The highest BCUT2D eigenvalue weighted by Crippen LogP contribution is 2.30. The van der Waals surface area contributed by atoms with Crippen molar-refractivity contribution in [2.75, 3.05) is 0 Å². The van der Waals surface area contributed by atoms with Crippen molar-refractivity contribution in [3.05, 3.63) is 29.8 Å². The molecule has 0 saturated carbocycles. The van der Waals surface area contributed by atoms with Crippen molar-refractivity contribution in [2.24, 2.45) is 0 Å². The van der Waals surface area contributed by atoms with Crippen LogP contribution in [0.25, 0.3) is 0 Å². The highest BCUT2D eigenvalue weighted by Gasteiger charge is 2.16. The first-order chi connectivity index (χ1) is 5.55. The number of hydrogen-bond acceptors (Lipinski definition) is 2. The van der Waals surface area contributed by atoms with Crippen LogP contribution in [-0.4, -0.2) is 4.55 Å². The number of rotatable bonds is 1. The first kappa shape index (κ1) is 9.62. The molecule has 66 valence electrons. The van der Waals surface area contributed by atoms with Crippen LogP contribution in [0.2, 0.25) is 0 Å². The van der Waals surface area contributed by atoms with Gasteiger partial charge in [0.1, 0.15) is 0 Å². The van der Waals surface area contributed by atoms with Crippen LogP contribution in [0.1, 0.15) is 26.3 Å². The molecule has 0 fully saturated rings. The van der Waals surface area contributed by atoms with Crippen molar-refractivity contribution < 1.29 is 4.55 Å². The van der Waals surface area contributed by atoms with Crippen molar-refractivity contribution >= 4 is 12.0 Å². The van der Waals surface area contributed by atoms with Gasteiger partial charge < -0.3 is 4.55 Å². The second-order valence-corrected chi connectivity index (χ2v) is 4.46. The van der Waals surface area contributed by atoms with E-state index in [1.807, 2.05) is 18.2 Å². The Morgan fingerprint density at radius 3 is 2.17 bits per heavy atom. The van der Waals surface area contributed by atoms with Crippen molar-refractivity contribution in [3.8, 4) is 0 Å². The average molecular weight is 182 g/mol. The van der Waals surface area contributed by atoms with Gasteiger partial charge in [0.05, 0.1) is 0 Å². The lowest BCUT2D eigenvalue weighted by Crippen LogP contribution is -2.12. The molecule has 1 aromatic rings. The minimum Gasteiger partial charge on any atom is -0.325 e. The number of hydrogen-bond donors (Lipinski definition) is 1. The van der Waals surface area contributed by atoms with E-state index in [0.29, 0.717) is 0 Å². The maximum absolute atomic E-state index is 9.00. The van der Waals surface area contributed by atoms with Crippen LogP contribution < -0.4 is 0 Å². The Bertz CT molecular complexity index is 263. The zero-order valence-corrected chi connectivity index (χ0v) is 8.48. The van der Waals surface area contributed by atoms with Gasteiger partial charge in [0.25, 0.3) is 0 Å². The summed E-state index contributed by atoms with van der Waals surface area (Å²) >= 11 is 0.822. The molecule has 1 aromatic carbocycles. The van der Waals surface area contributed by atoms with Gasteiger partial charge in [0, 0.05) is 16.9 Å². The van der Waals surface area contributed by atoms with Gasteiger partial charge in [0.15, 0.2) is 0 Å². The van der Waals surface area contributed by atoms with Crippen molar-refractivity contribution in [3.63, 3.8) is 0 Å². The molecule has 1 nitrogen and oxygen atoms in total. The Kier molecular flexibility index (Phi) is 2.80. The van der Waals surface area contributed by atoms with E-state index >= 15 is 0 Å². The summed E-state index contributed by atoms with van der Waals surface area (Å²) in [5, 5.41) is 0. The number of benzene rings is 1. The molecule has 2 heteroatoms. The lowest BCUT2D eigenvalue weighted by Gasteiger charge is -2.21. The summed E-state index contributed by atoms with van der Waals surface area (Å²) in [6.07, 6.45) is 0. The first-order valence-electron chi connectivity index (χ1n) is 3.96. The minimum atomic E-state index is 0.103. The van der Waals surface area contributed by atoms with Crippen LogP contribution in [0, 0.1) is 0 Å². The van der Waals surface area contributed by atoms with E-state index in [-0.39, 0.29) is 5.41 Å². The van der Waals surface area contributed by atoms with Crippen LogP contribution in [-0.2, 0) is 5.41 Å². The summed E-state index contributed by atoms with van der Waals surface area (Å²) in [4.78, 5) is 0.949. The fourth-order valence-corrected chi connectivity index (χ4v) is 1.78. The molecule has 1 N–H and O–H groups in total. The monoisotopic (exact) mass is 182 g/mol. The van der Waals surface area contributed by atoms with Crippen molar-refractivity contribution in [1.29, 1.82) is 0 Å². The lowest BCUT2D eigenvalue weighted by molar-refractivity contribution is 0.573. The quantitative estimate of drug-likeness (QED) is 0.670. The Hall–Kier alpha value is -0.470. The third kappa shape index (κ3) is 2.02. The molecular weight excluding hydrogens is 168 g/mol. The maximum atomic E-state index is 9.00. The Morgan fingerprint density at radius 2 is 1.75 bits per heavy atom. The van der Waals surface area contributed by atoms with Crippen LogP contribution in [0.5, 0.6) is 0 Å². The summed E-state index contributed by atoms with van der Waals surface area (Å²) < 4.78 is 9.00. The topological polar surface area (TPSA) is 20.2 Å². The Balaban J connectivity index is 3.14. The molecule has 0 saturated heterocycles. The summed E-state index contributed by atoms with van der Waals surface area (Å²) in [6.45, 7) is 6.42. The molecule has 0 bridgehead atoms. The third-order valence-electron chi connectivity index (χ3n) is 1.79. The van der Waals surface area contributed by atoms with Gasteiger partial charge in [-0.2, -0.15) is 0 Å². The Labute approximate surface area is 78.0 Å². The van der Waals surface area contributed by atoms with E-state index in [1.54, 1.807) is 0 Å². The first-order valence-corrected chi connectivity index (χ1v) is 4.74. The van der Waals surface area contributed by atoms with Gasteiger partial charge in [0.2, 0.25) is 0 Å². The molecule has 0 aliphatic carbocycles. The molecular formula is C10H14OS. The predicted molar refractivity (Wildman–Crippen MR) is 53.6 cm³/mol. The minimum absolute atomic E-state index is 0.103. The molecule has 0 radical (unpaired) electrons. The van der Waals surface area contributed by atoms with Gasteiger partial charge in [-0.15, -0.1) is 0 Å². The van der Waals surface area contributed by atoms with Gasteiger partial charge in [-0.25, -0.2) is 0 Å². The van der Waals surface area contributed by atoms with Gasteiger partial charge >= 0.3 is 0 Å². The predicted octanol–water partition coefficient (Wildman–Crippen LogP) is 3.55. The second kappa shape index (κ2) is 3.50. The highest BCUT2D eigenvalue weighted by atomic mass is 32.2. The van der Waals surface area contributed by atoms with E-state index in [2.05, 4.69) is 26.8 Å². The van der Waals surface area contributed by atoms with E-state index in [1.165, 1.54) is 5.56 Å². The van der Waals surface area contributed by atoms with E-state index in [9.17, 15) is 0 Å². The Morgan fingerprint density at radius 1 is 1.17 bits per heavy atom. The zero-order valence-electron chi connectivity index (χ0n) is 7.66. The molecule has 0 aliphatic rings. The molecule has 0 spiro atoms.